The molecule has 1 fully saturated rings. The van der Waals surface area contributed by atoms with Gasteiger partial charge in [0.25, 0.3) is 0 Å². The molecule has 8 heteroatoms. The minimum atomic E-state index is -3.98. The van der Waals surface area contributed by atoms with Gasteiger partial charge in [0.1, 0.15) is 4.90 Å². The topological polar surface area (TPSA) is 115 Å². The Morgan fingerprint density at radius 2 is 2.19 bits per heavy atom. The third-order valence-electron chi connectivity index (χ3n) is 2.40. The maximum atomic E-state index is 11.4. The van der Waals surface area contributed by atoms with Gasteiger partial charge in [0.05, 0.1) is 12.8 Å². The Morgan fingerprint density at radius 3 is 2.62 bits per heavy atom. The van der Waals surface area contributed by atoms with Crippen molar-refractivity contribution < 1.29 is 17.9 Å². The molecule has 0 aliphatic heterocycles. The van der Waals surface area contributed by atoms with Crippen LogP contribution in [0.4, 0.5) is 0 Å². The number of hydrogen-bond acceptors (Lipinski definition) is 5. The van der Waals surface area contributed by atoms with Crippen molar-refractivity contribution in [2.24, 2.45) is 5.14 Å². The van der Waals surface area contributed by atoms with Gasteiger partial charge in [0, 0.05) is 5.92 Å². The van der Waals surface area contributed by atoms with Gasteiger partial charge in [-0.2, -0.15) is 5.10 Å². The lowest BCUT2D eigenvalue weighted by Gasteiger charge is -2.00. The first-order valence-corrected chi connectivity index (χ1v) is 6.19. The molecule has 1 aromatic rings. The summed E-state index contributed by atoms with van der Waals surface area (Å²) in [5, 5.41) is 11.3. The van der Waals surface area contributed by atoms with E-state index in [0.29, 0.717) is 5.69 Å². The van der Waals surface area contributed by atoms with Crippen molar-refractivity contribution in [3.8, 4) is 0 Å². The Morgan fingerprint density at radius 1 is 1.56 bits per heavy atom. The smallest absolute Gasteiger partial charge is 0.360 e. The summed E-state index contributed by atoms with van der Waals surface area (Å²) in [6, 6.07) is 0. The SMILES string of the molecule is COC(=O)c1n[nH]c(C2CC2)c1S(N)(=O)=O. The van der Waals surface area contributed by atoms with Crippen LogP contribution in [0, 0.1) is 0 Å². The van der Waals surface area contributed by atoms with Crippen LogP contribution in [0.5, 0.6) is 0 Å². The molecule has 1 aliphatic carbocycles. The number of H-pyrrole nitrogens is 1. The van der Waals surface area contributed by atoms with E-state index in [1.54, 1.807) is 0 Å². The number of rotatable bonds is 3. The van der Waals surface area contributed by atoms with Gasteiger partial charge in [-0.05, 0) is 12.8 Å². The van der Waals surface area contributed by atoms with Crippen LogP contribution < -0.4 is 5.14 Å². The summed E-state index contributed by atoms with van der Waals surface area (Å²) in [4.78, 5) is 11.1. The molecular formula is C8H11N3O4S. The van der Waals surface area contributed by atoms with Crippen molar-refractivity contribution >= 4 is 16.0 Å². The predicted octanol–water partition coefficient (Wildman–Crippen LogP) is -0.279. The van der Waals surface area contributed by atoms with Gasteiger partial charge in [-0.25, -0.2) is 18.4 Å². The average Bonchev–Trinajstić information content (AvgIpc) is 2.94. The number of nitrogens with zero attached hydrogens (tertiary/aromatic N) is 1. The summed E-state index contributed by atoms with van der Waals surface area (Å²) >= 11 is 0. The summed E-state index contributed by atoms with van der Waals surface area (Å²) in [5.74, 6) is -0.716. The molecule has 1 aromatic heterocycles. The Bertz CT molecular complexity index is 529. The van der Waals surface area contributed by atoms with Crippen LogP contribution in [0.2, 0.25) is 0 Å². The summed E-state index contributed by atoms with van der Waals surface area (Å²) in [6.45, 7) is 0. The third kappa shape index (κ3) is 1.81. The van der Waals surface area contributed by atoms with Crippen molar-refractivity contribution in [3.05, 3.63) is 11.4 Å². The van der Waals surface area contributed by atoms with Gasteiger partial charge in [0.2, 0.25) is 10.0 Å². The monoisotopic (exact) mass is 245 g/mol. The molecule has 0 spiro atoms. The second-order valence-electron chi connectivity index (χ2n) is 3.63. The van der Waals surface area contributed by atoms with E-state index in [9.17, 15) is 13.2 Å². The van der Waals surface area contributed by atoms with E-state index < -0.39 is 16.0 Å². The Labute approximate surface area is 92.0 Å². The van der Waals surface area contributed by atoms with Crippen molar-refractivity contribution in [2.45, 2.75) is 23.7 Å². The van der Waals surface area contributed by atoms with Crippen LogP contribution in [-0.4, -0.2) is 31.7 Å². The third-order valence-corrected chi connectivity index (χ3v) is 3.38. The summed E-state index contributed by atoms with van der Waals surface area (Å²) < 4.78 is 27.2. The van der Waals surface area contributed by atoms with E-state index >= 15 is 0 Å². The standard InChI is InChI=1S/C8H11N3O4S/c1-15-8(12)6-7(16(9,13)14)5(10-11-6)4-2-3-4/h4H,2-3H2,1H3,(H,10,11)(H2,9,13,14). The Balaban J connectivity index is 2.58. The highest BCUT2D eigenvalue weighted by Gasteiger charge is 2.36. The Hall–Kier alpha value is -1.41. The number of methoxy groups -OCH3 is 1. The quantitative estimate of drug-likeness (QED) is 0.711. The van der Waals surface area contributed by atoms with Gasteiger partial charge in [-0.1, -0.05) is 0 Å². The van der Waals surface area contributed by atoms with Crippen LogP contribution >= 0.6 is 0 Å². The lowest BCUT2D eigenvalue weighted by molar-refractivity contribution is 0.0589. The number of carbonyl (C=O) groups is 1. The molecule has 7 nitrogen and oxygen atoms in total. The van der Waals surface area contributed by atoms with E-state index in [4.69, 9.17) is 5.14 Å². The first-order valence-electron chi connectivity index (χ1n) is 4.64. The van der Waals surface area contributed by atoms with Crippen LogP contribution in [-0.2, 0) is 14.8 Å². The zero-order chi connectivity index (χ0) is 11.9. The van der Waals surface area contributed by atoms with Crippen molar-refractivity contribution in [1.82, 2.24) is 10.2 Å². The molecule has 16 heavy (non-hydrogen) atoms. The fraction of sp³-hybridized carbons (Fsp3) is 0.500. The molecule has 0 unspecified atom stereocenters. The number of hydrogen-bond donors (Lipinski definition) is 2. The highest BCUT2D eigenvalue weighted by molar-refractivity contribution is 7.89. The van der Waals surface area contributed by atoms with E-state index in [-0.39, 0.29) is 16.5 Å². The highest BCUT2D eigenvalue weighted by atomic mass is 32.2. The minimum absolute atomic E-state index is 0.0965. The maximum Gasteiger partial charge on any atom is 0.360 e. The van der Waals surface area contributed by atoms with Crippen LogP contribution in [0.3, 0.4) is 0 Å². The van der Waals surface area contributed by atoms with E-state index in [0.717, 1.165) is 20.0 Å². The van der Waals surface area contributed by atoms with Gasteiger partial charge in [-0.15, -0.1) is 0 Å². The fourth-order valence-electron chi connectivity index (χ4n) is 1.52. The van der Waals surface area contributed by atoms with Gasteiger partial charge < -0.3 is 4.74 Å². The molecule has 1 aliphatic rings. The maximum absolute atomic E-state index is 11.4. The van der Waals surface area contributed by atoms with Crippen molar-refractivity contribution in [3.63, 3.8) is 0 Å². The zero-order valence-electron chi connectivity index (χ0n) is 8.56. The van der Waals surface area contributed by atoms with Gasteiger partial charge >= 0.3 is 5.97 Å². The van der Waals surface area contributed by atoms with E-state index in [1.165, 1.54) is 0 Å². The average molecular weight is 245 g/mol. The summed E-state index contributed by atoms with van der Waals surface area (Å²) in [6.07, 6.45) is 1.73. The number of carbonyl (C=O) groups excluding carboxylic acids is 1. The molecule has 0 bridgehead atoms. The number of aromatic nitrogens is 2. The fourth-order valence-corrected chi connectivity index (χ4v) is 2.43. The Kier molecular flexibility index (Phi) is 2.47. The number of nitrogens with one attached hydrogen (secondary N) is 1. The molecule has 0 saturated heterocycles. The molecule has 0 amide bonds. The molecule has 2 rings (SSSR count). The summed E-state index contributed by atoms with van der Waals surface area (Å²) in [5.41, 5.74) is 0.134. The molecular weight excluding hydrogens is 234 g/mol. The zero-order valence-corrected chi connectivity index (χ0v) is 9.37. The van der Waals surface area contributed by atoms with E-state index in [2.05, 4.69) is 14.9 Å². The molecule has 0 radical (unpaired) electrons. The molecule has 3 N–H and O–H groups in total. The van der Waals surface area contributed by atoms with Crippen molar-refractivity contribution in [2.75, 3.05) is 7.11 Å². The minimum Gasteiger partial charge on any atom is -0.464 e. The second kappa shape index (κ2) is 3.56. The number of aromatic amines is 1. The highest BCUT2D eigenvalue weighted by Crippen LogP contribution is 2.42. The number of ether oxygens (including phenoxy) is 1. The lowest BCUT2D eigenvalue weighted by atomic mass is 10.2. The van der Waals surface area contributed by atoms with Crippen LogP contribution in [0.1, 0.15) is 34.9 Å². The molecule has 0 atom stereocenters. The predicted molar refractivity (Wildman–Crippen MR) is 53.3 cm³/mol. The number of sulfonamides is 1. The largest absolute Gasteiger partial charge is 0.464 e. The van der Waals surface area contributed by atoms with Crippen molar-refractivity contribution in [1.29, 1.82) is 0 Å². The number of nitrogens with two attached hydrogens (primary N) is 1. The molecule has 0 aromatic carbocycles. The summed E-state index contributed by atoms with van der Waals surface area (Å²) in [7, 11) is -2.82. The molecule has 1 heterocycles. The normalized spacial score (nSPS) is 16.1. The molecule has 88 valence electrons. The number of primary sulfonamides is 1. The van der Waals surface area contributed by atoms with Crippen LogP contribution in [0.15, 0.2) is 4.90 Å². The van der Waals surface area contributed by atoms with Gasteiger partial charge in [0.15, 0.2) is 5.69 Å². The number of esters is 1. The second-order valence-corrected chi connectivity index (χ2v) is 5.12. The first kappa shape index (κ1) is 11.1. The lowest BCUT2D eigenvalue weighted by Crippen LogP contribution is -2.17. The van der Waals surface area contributed by atoms with E-state index in [1.807, 2.05) is 0 Å². The molecule has 1 saturated carbocycles. The van der Waals surface area contributed by atoms with Gasteiger partial charge in [-0.3, -0.25) is 5.10 Å². The first-order chi connectivity index (χ1) is 7.45. The van der Waals surface area contributed by atoms with Crippen LogP contribution in [0.25, 0.3) is 0 Å².